The van der Waals surface area contributed by atoms with Crippen molar-refractivity contribution in [2.45, 2.75) is 11.4 Å². The lowest BCUT2D eigenvalue weighted by Crippen LogP contribution is -2.24. The third-order valence-corrected chi connectivity index (χ3v) is 5.09. The van der Waals surface area contributed by atoms with E-state index in [1.54, 1.807) is 6.07 Å². The minimum atomic E-state index is -3.92. The maximum atomic E-state index is 13.8. The van der Waals surface area contributed by atoms with E-state index in [1.165, 1.54) is 50.6 Å². The van der Waals surface area contributed by atoms with Crippen molar-refractivity contribution < 1.29 is 26.7 Å². The molecule has 1 aromatic heterocycles. The van der Waals surface area contributed by atoms with Gasteiger partial charge in [-0.2, -0.15) is 0 Å². The molecule has 0 saturated carbocycles. The van der Waals surface area contributed by atoms with Crippen LogP contribution in [0.2, 0.25) is 0 Å². The van der Waals surface area contributed by atoms with E-state index in [9.17, 15) is 12.8 Å². The first-order valence-corrected chi connectivity index (χ1v) is 9.22. The lowest BCUT2D eigenvalue weighted by Gasteiger charge is -2.11. The minimum Gasteiger partial charge on any atom is -0.497 e. The number of hydrogen-bond acceptors (Lipinski definition) is 7. The van der Waals surface area contributed by atoms with Crippen LogP contribution in [0.1, 0.15) is 5.89 Å². The summed E-state index contributed by atoms with van der Waals surface area (Å²) in [6.07, 6.45) is 0. The van der Waals surface area contributed by atoms with E-state index >= 15 is 0 Å². The van der Waals surface area contributed by atoms with Gasteiger partial charge in [0.25, 0.3) is 5.89 Å². The molecule has 0 aliphatic carbocycles. The summed E-state index contributed by atoms with van der Waals surface area (Å²) < 4.78 is 56.7. The van der Waals surface area contributed by atoms with Gasteiger partial charge < -0.3 is 13.9 Å². The molecule has 0 atom stereocenters. The first kappa shape index (κ1) is 18.8. The number of aromatic nitrogens is 2. The summed E-state index contributed by atoms with van der Waals surface area (Å²) in [5.41, 5.74) is 0.135. The lowest BCUT2D eigenvalue weighted by atomic mass is 10.2. The number of ether oxygens (including phenoxy) is 2. The van der Waals surface area contributed by atoms with Crippen LogP contribution < -0.4 is 14.2 Å². The molecular weight excluding hydrogens is 377 g/mol. The fourth-order valence-electron chi connectivity index (χ4n) is 2.30. The molecule has 0 spiro atoms. The summed E-state index contributed by atoms with van der Waals surface area (Å²) in [6.45, 7) is -0.265. The number of nitrogens with zero attached hydrogens (tertiary/aromatic N) is 2. The van der Waals surface area contributed by atoms with Crippen molar-refractivity contribution in [1.29, 1.82) is 0 Å². The average Bonchev–Trinajstić information content (AvgIpc) is 3.15. The van der Waals surface area contributed by atoms with E-state index in [0.29, 0.717) is 5.75 Å². The van der Waals surface area contributed by atoms with E-state index in [2.05, 4.69) is 14.9 Å². The van der Waals surface area contributed by atoms with Gasteiger partial charge in [0.15, 0.2) is 0 Å². The van der Waals surface area contributed by atoms with Gasteiger partial charge in [0, 0.05) is 6.07 Å². The monoisotopic (exact) mass is 393 g/mol. The van der Waals surface area contributed by atoms with Crippen molar-refractivity contribution in [3.8, 4) is 23.0 Å². The molecule has 0 fully saturated rings. The molecule has 10 heteroatoms. The minimum absolute atomic E-state index is 0.00990. The van der Waals surface area contributed by atoms with Crippen molar-refractivity contribution in [3.63, 3.8) is 0 Å². The molecule has 1 N–H and O–H groups in total. The van der Waals surface area contributed by atoms with Crippen LogP contribution in [-0.2, 0) is 16.6 Å². The third-order valence-electron chi connectivity index (χ3n) is 3.64. The molecule has 0 bridgehead atoms. The van der Waals surface area contributed by atoms with Gasteiger partial charge in [-0.15, -0.1) is 10.2 Å². The van der Waals surface area contributed by atoms with E-state index in [0.717, 1.165) is 0 Å². The molecule has 142 valence electrons. The molecule has 8 nitrogen and oxygen atoms in total. The van der Waals surface area contributed by atoms with Gasteiger partial charge in [-0.3, -0.25) is 0 Å². The largest absolute Gasteiger partial charge is 0.497 e. The number of nitrogens with one attached hydrogen (secondary N) is 1. The van der Waals surface area contributed by atoms with Crippen LogP contribution in [0, 0.1) is 5.82 Å². The Morgan fingerprint density at radius 2 is 1.89 bits per heavy atom. The quantitative estimate of drug-likeness (QED) is 0.657. The summed E-state index contributed by atoms with van der Waals surface area (Å²) in [4.78, 5) is -0.0698. The second kappa shape index (κ2) is 7.72. The van der Waals surface area contributed by atoms with Crippen molar-refractivity contribution in [1.82, 2.24) is 14.9 Å². The predicted octanol–water partition coefficient (Wildman–Crippen LogP) is 2.37. The van der Waals surface area contributed by atoms with E-state index in [1.807, 2.05) is 0 Å². The van der Waals surface area contributed by atoms with Crippen molar-refractivity contribution in [2.24, 2.45) is 0 Å². The molecule has 3 aromatic rings. The topological polar surface area (TPSA) is 104 Å². The molecule has 0 saturated heterocycles. The maximum absolute atomic E-state index is 13.8. The first-order valence-electron chi connectivity index (χ1n) is 7.73. The predicted molar refractivity (Wildman–Crippen MR) is 93.3 cm³/mol. The van der Waals surface area contributed by atoms with Crippen LogP contribution in [0.25, 0.3) is 11.5 Å². The Morgan fingerprint density at radius 1 is 1.11 bits per heavy atom. The van der Waals surface area contributed by atoms with Crippen LogP contribution in [0.5, 0.6) is 11.5 Å². The van der Waals surface area contributed by atoms with Gasteiger partial charge in [0.1, 0.15) is 22.2 Å². The van der Waals surface area contributed by atoms with Crippen molar-refractivity contribution >= 4 is 10.0 Å². The van der Waals surface area contributed by atoms with Crippen LogP contribution in [0.15, 0.2) is 51.8 Å². The van der Waals surface area contributed by atoms with Gasteiger partial charge in [0.2, 0.25) is 15.9 Å². The number of benzene rings is 2. The van der Waals surface area contributed by atoms with Gasteiger partial charge in [0.05, 0.1) is 26.3 Å². The number of hydrogen-bond donors (Lipinski definition) is 1. The van der Waals surface area contributed by atoms with Gasteiger partial charge in [-0.05, 0) is 24.3 Å². The van der Waals surface area contributed by atoms with Crippen LogP contribution >= 0.6 is 0 Å². The Hall–Kier alpha value is -2.98. The van der Waals surface area contributed by atoms with Gasteiger partial charge in [-0.25, -0.2) is 17.5 Å². The van der Waals surface area contributed by atoms with Crippen LogP contribution in [0.4, 0.5) is 4.39 Å². The summed E-state index contributed by atoms with van der Waals surface area (Å²) in [5, 5.41) is 7.48. The Bertz CT molecular complexity index is 1050. The molecule has 0 aliphatic heterocycles. The Morgan fingerprint density at radius 3 is 2.59 bits per heavy atom. The van der Waals surface area contributed by atoms with Gasteiger partial charge in [-0.1, -0.05) is 12.1 Å². The highest BCUT2D eigenvalue weighted by atomic mass is 32.2. The summed E-state index contributed by atoms with van der Waals surface area (Å²) >= 11 is 0. The number of rotatable bonds is 7. The molecule has 0 radical (unpaired) electrons. The zero-order valence-electron chi connectivity index (χ0n) is 14.5. The van der Waals surface area contributed by atoms with E-state index < -0.39 is 15.8 Å². The molecule has 27 heavy (non-hydrogen) atoms. The normalized spacial score (nSPS) is 11.4. The zero-order chi connectivity index (χ0) is 19.4. The van der Waals surface area contributed by atoms with E-state index in [4.69, 9.17) is 13.9 Å². The van der Waals surface area contributed by atoms with Crippen molar-refractivity contribution in [2.75, 3.05) is 14.2 Å². The average molecular weight is 393 g/mol. The second-order valence-corrected chi connectivity index (χ2v) is 7.06. The molecule has 1 heterocycles. The molecule has 0 unspecified atom stereocenters. The first-order chi connectivity index (χ1) is 12.9. The standard InChI is InChI=1S/C17H16FN3O5S/c1-24-11-7-8-15(14(9-11)25-2)27(22,23)19-10-16-20-21-17(26-16)12-5-3-4-6-13(12)18/h3-9,19H,10H2,1-2H3. The Balaban J connectivity index is 1.78. The number of halogens is 1. The molecule has 3 rings (SSSR count). The Kier molecular flexibility index (Phi) is 5.38. The SMILES string of the molecule is COc1ccc(S(=O)(=O)NCc2nnc(-c3ccccc3F)o2)c(OC)c1. The Labute approximate surface area is 155 Å². The zero-order valence-corrected chi connectivity index (χ0v) is 15.3. The molecule has 0 aliphatic rings. The maximum Gasteiger partial charge on any atom is 0.250 e. The second-order valence-electron chi connectivity index (χ2n) is 5.32. The van der Waals surface area contributed by atoms with Crippen molar-refractivity contribution in [3.05, 3.63) is 54.2 Å². The smallest absolute Gasteiger partial charge is 0.250 e. The number of methoxy groups -OCH3 is 2. The fraction of sp³-hybridized carbons (Fsp3) is 0.176. The highest BCUT2D eigenvalue weighted by molar-refractivity contribution is 7.89. The highest BCUT2D eigenvalue weighted by Gasteiger charge is 2.21. The molecular formula is C17H16FN3O5S. The van der Waals surface area contributed by atoms with E-state index in [-0.39, 0.29) is 34.5 Å². The summed E-state index contributed by atoms with van der Waals surface area (Å²) in [6, 6.07) is 10.2. The number of sulfonamides is 1. The third kappa shape index (κ3) is 4.07. The van der Waals surface area contributed by atoms with Gasteiger partial charge >= 0.3 is 0 Å². The highest BCUT2D eigenvalue weighted by Crippen LogP contribution is 2.28. The molecule has 0 amide bonds. The lowest BCUT2D eigenvalue weighted by molar-refractivity contribution is 0.385. The van der Waals surface area contributed by atoms with Crippen LogP contribution in [0.3, 0.4) is 0 Å². The fourth-order valence-corrected chi connectivity index (χ4v) is 3.42. The van der Waals surface area contributed by atoms with Crippen LogP contribution in [-0.4, -0.2) is 32.8 Å². The summed E-state index contributed by atoms with van der Waals surface area (Å²) in [5.74, 6) is 0.0153. The molecule has 2 aromatic carbocycles. The summed E-state index contributed by atoms with van der Waals surface area (Å²) in [7, 11) is -1.11.